The van der Waals surface area contributed by atoms with E-state index in [0.717, 1.165) is 6.42 Å². The number of hydrogen-bond donors (Lipinski definition) is 1. The van der Waals surface area contributed by atoms with Crippen molar-refractivity contribution in [2.45, 2.75) is 19.4 Å². The standard InChI is InChI=1S/C10H14N4O/c1-3-9(7-15-2)13-10-8(6-11)4-5-12-14-10/h4-5,9H,3,7H2,1-2H3,(H,13,14). The predicted octanol–water partition coefficient (Wildman–Crippen LogP) is 1.19. The number of nitrogens with one attached hydrogen (secondary N) is 1. The molecule has 1 aromatic rings. The molecule has 1 heterocycles. The lowest BCUT2D eigenvalue weighted by molar-refractivity contribution is 0.184. The van der Waals surface area contributed by atoms with Crippen LogP contribution >= 0.6 is 0 Å². The van der Waals surface area contributed by atoms with Crippen molar-refractivity contribution in [1.29, 1.82) is 5.26 Å². The van der Waals surface area contributed by atoms with E-state index in [1.165, 1.54) is 6.20 Å². The van der Waals surface area contributed by atoms with Crippen LogP contribution in [-0.4, -0.2) is 30.0 Å². The molecule has 5 nitrogen and oxygen atoms in total. The van der Waals surface area contributed by atoms with Gasteiger partial charge in [-0.15, -0.1) is 5.10 Å². The minimum atomic E-state index is 0.152. The van der Waals surface area contributed by atoms with Crippen LogP contribution in [0.3, 0.4) is 0 Å². The highest BCUT2D eigenvalue weighted by Crippen LogP contribution is 2.11. The Balaban J connectivity index is 2.74. The number of methoxy groups -OCH3 is 1. The van der Waals surface area contributed by atoms with Gasteiger partial charge in [-0.05, 0) is 12.5 Å². The van der Waals surface area contributed by atoms with E-state index in [9.17, 15) is 0 Å². The van der Waals surface area contributed by atoms with E-state index in [1.807, 2.05) is 6.92 Å². The molecule has 0 fully saturated rings. The Kier molecular flexibility index (Phi) is 4.51. The second kappa shape index (κ2) is 5.94. The first kappa shape index (κ1) is 11.4. The van der Waals surface area contributed by atoms with Crippen LogP contribution < -0.4 is 5.32 Å². The number of ether oxygens (including phenoxy) is 1. The number of nitriles is 1. The zero-order valence-corrected chi connectivity index (χ0v) is 8.90. The molecule has 0 amide bonds. The van der Waals surface area contributed by atoms with E-state index in [-0.39, 0.29) is 6.04 Å². The fraction of sp³-hybridized carbons (Fsp3) is 0.500. The van der Waals surface area contributed by atoms with Gasteiger partial charge in [-0.3, -0.25) is 0 Å². The quantitative estimate of drug-likeness (QED) is 0.783. The molecule has 15 heavy (non-hydrogen) atoms. The molecule has 1 N–H and O–H groups in total. The molecule has 80 valence electrons. The molecule has 0 aromatic carbocycles. The lowest BCUT2D eigenvalue weighted by Gasteiger charge is -2.16. The van der Waals surface area contributed by atoms with Gasteiger partial charge in [0.1, 0.15) is 6.07 Å². The number of rotatable bonds is 5. The van der Waals surface area contributed by atoms with Crippen molar-refractivity contribution >= 4 is 5.82 Å². The molecule has 0 saturated heterocycles. The first-order valence-corrected chi connectivity index (χ1v) is 4.79. The molecule has 0 bridgehead atoms. The molecule has 1 atom stereocenters. The molecule has 0 aliphatic heterocycles. The molecule has 1 aromatic heterocycles. The van der Waals surface area contributed by atoms with Gasteiger partial charge in [-0.2, -0.15) is 10.4 Å². The molecule has 1 rings (SSSR count). The van der Waals surface area contributed by atoms with Crippen molar-refractivity contribution in [2.24, 2.45) is 0 Å². The van der Waals surface area contributed by atoms with Gasteiger partial charge in [0.05, 0.1) is 24.4 Å². The topological polar surface area (TPSA) is 70.8 Å². The molecule has 0 saturated carbocycles. The zero-order valence-electron chi connectivity index (χ0n) is 8.90. The van der Waals surface area contributed by atoms with Gasteiger partial charge in [0.15, 0.2) is 5.82 Å². The number of aromatic nitrogens is 2. The van der Waals surface area contributed by atoms with Crippen molar-refractivity contribution in [1.82, 2.24) is 10.2 Å². The molecular weight excluding hydrogens is 192 g/mol. The third kappa shape index (κ3) is 3.18. The summed E-state index contributed by atoms with van der Waals surface area (Å²) in [7, 11) is 1.65. The molecule has 0 spiro atoms. The Morgan fingerprint density at radius 1 is 1.67 bits per heavy atom. The van der Waals surface area contributed by atoms with Gasteiger partial charge in [0, 0.05) is 7.11 Å². The average molecular weight is 206 g/mol. The molecule has 1 unspecified atom stereocenters. The summed E-state index contributed by atoms with van der Waals surface area (Å²) in [5, 5.41) is 19.6. The third-order valence-corrected chi connectivity index (χ3v) is 2.04. The highest BCUT2D eigenvalue weighted by atomic mass is 16.5. The van der Waals surface area contributed by atoms with Gasteiger partial charge in [0.2, 0.25) is 0 Å². The summed E-state index contributed by atoms with van der Waals surface area (Å²) in [5.41, 5.74) is 0.500. The third-order valence-electron chi connectivity index (χ3n) is 2.04. The highest BCUT2D eigenvalue weighted by Gasteiger charge is 2.09. The minimum absolute atomic E-state index is 0.152. The lowest BCUT2D eigenvalue weighted by Crippen LogP contribution is -2.25. The molecule has 0 aliphatic rings. The van der Waals surface area contributed by atoms with Crippen molar-refractivity contribution in [3.05, 3.63) is 17.8 Å². The van der Waals surface area contributed by atoms with Gasteiger partial charge in [0.25, 0.3) is 0 Å². The average Bonchev–Trinajstić information content (AvgIpc) is 2.29. The van der Waals surface area contributed by atoms with Crippen molar-refractivity contribution < 1.29 is 4.74 Å². The summed E-state index contributed by atoms with van der Waals surface area (Å²) in [6.45, 7) is 2.62. The van der Waals surface area contributed by atoms with E-state index < -0.39 is 0 Å². The SMILES string of the molecule is CCC(COC)Nc1nnccc1C#N. The van der Waals surface area contributed by atoms with Crippen molar-refractivity contribution in [3.63, 3.8) is 0 Å². The second-order valence-electron chi connectivity index (χ2n) is 3.11. The summed E-state index contributed by atoms with van der Waals surface area (Å²) in [4.78, 5) is 0. The maximum absolute atomic E-state index is 8.84. The number of hydrogen-bond acceptors (Lipinski definition) is 5. The van der Waals surface area contributed by atoms with Crippen LogP contribution in [0.4, 0.5) is 5.82 Å². The molecule has 0 aliphatic carbocycles. The summed E-state index contributed by atoms with van der Waals surface area (Å²) < 4.78 is 5.05. The fourth-order valence-corrected chi connectivity index (χ4v) is 1.18. The summed E-state index contributed by atoms with van der Waals surface area (Å²) in [6.07, 6.45) is 2.40. The monoisotopic (exact) mass is 206 g/mol. The van der Waals surface area contributed by atoms with Gasteiger partial charge >= 0.3 is 0 Å². The molecular formula is C10H14N4O. The van der Waals surface area contributed by atoms with E-state index in [1.54, 1.807) is 13.2 Å². The van der Waals surface area contributed by atoms with Gasteiger partial charge in [-0.1, -0.05) is 6.92 Å². The van der Waals surface area contributed by atoms with Crippen LogP contribution in [0.2, 0.25) is 0 Å². The predicted molar refractivity (Wildman–Crippen MR) is 56.3 cm³/mol. The maximum atomic E-state index is 8.84. The molecule has 0 radical (unpaired) electrons. The van der Waals surface area contributed by atoms with E-state index >= 15 is 0 Å². The first-order chi connectivity index (χ1) is 7.31. The highest BCUT2D eigenvalue weighted by molar-refractivity contribution is 5.50. The Labute approximate surface area is 89.1 Å². The molecule has 5 heteroatoms. The van der Waals surface area contributed by atoms with E-state index in [0.29, 0.717) is 18.0 Å². The second-order valence-corrected chi connectivity index (χ2v) is 3.11. The normalized spacial score (nSPS) is 11.8. The zero-order chi connectivity index (χ0) is 11.1. The maximum Gasteiger partial charge on any atom is 0.166 e. The fourth-order valence-electron chi connectivity index (χ4n) is 1.18. The summed E-state index contributed by atoms with van der Waals surface area (Å²) in [6, 6.07) is 3.85. The van der Waals surface area contributed by atoms with E-state index in [2.05, 4.69) is 21.6 Å². The van der Waals surface area contributed by atoms with Gasteiger partial charge < -0.3 is 10.1 Å². The van der Waals surface area contributed by atoms with Crippen LogP contribution in [0, 0.1) is 11.3 Å². The van der Waals surface area contributed by atoms with Crippen LogP contribution in [0.1, 0.15) is 18.9 Å². The Bertz CT molecular complexity index is 348. The number of anilines is 1. The van der Waals surface area contributed by atoms with Crippen LogP contribution in [-0.2, 0) is 4.74 Å². The Hall–Kier alpha value is -1.67. The van der Waals surface area contributed by atoms with Crippen LogP contribution in [0.25, 0.3) is 0 Å². The van der Waals surface area contributed by atoms with E-state index in [4.69, 9.17) is 10.00 Å². The minimum Gasteiger partial charge on any atom is -0.383 e. The smallest absolute Gasteiger partial charge is 0.166 e. The largest absolute Gasteiger partial charge is 0.383 e. The van der Waals surface area contributed by atoms with Crippen LogP contribution in [0.5, 0.6) is 0 Å². The van der Waals surface area contributed by atoms with Crippen LogP contribution in [0.15, 0.2) is 12.3 Å². The van der Waals surface area contributed by atoms with Crippen molar-refractivity contribution in [2.75, 3.05) is 19.0 Å². The Morgan fingerprint density at radius 2 is 2.47 bits per heavy atom. The Morgan fingerprint density at radius 3 is 3.07 bits per heavy atom. The van der Waals surface area contributed by atoms with Crippen molar-refractivity contribution in [3.8, 4) is 6.07 Å². The lowest BCUT2D eigenvalue weighted by atomic mass is 10.2. The first-order valence-electron chi connectivity index (χ1n) is 4.79. The summed E-state index contributed by atoms with van der Waals surface area (Å²) in [5.74, 6) is 0.518. The summed E-state index contributed by atoms with van der Waals surface area (Å²) >= 11 is 0. The number of nitrogens with zero attached hydrogens (tertiary/aromatic N) is 3. The van der Waals surface area contributed by atoms with Gasteiger partial charge in [-0.25, -0.2) is 0 Å².